The Morgan fingerprint density at radius 3 is 2.61 bits per heavy atom. The Balaban J connectivity index is 1.84. The molecule has 0 aliphatic heterocycles. The second kappa shape index (κ2) is 12.1. The molecule has 0 heterocycles. The van der Waals surface area contributed by atoms with E-state index in [0.717, 1.165) is 13.6 Å². The van der Waals surface area contributed by atoms with E-state index >= 15 is 0 Å². The minimum atomic E-state index is -0.492. The van der Waals surface area contributed by atoms with Crippen molar-refractivity contribution in [2.75, 3.05) is 11.9 Å². The highest BCUT2D eigenvalue weighted by Gasteiger charge is 2.15. The van der Waals surface area contributed by atoms with Crippen LogP contribution >= 0.6 is 50.1 Å². The Bertz CT molecular complexity index is 1220. The number of carbonyl (C=O) groups is 1. The van der Waals surface area contributed by atoms with E-state index in [0.29, 0.717) is 41.0 Å². The number of amides is 1. The van der Waals surface area contributed by atoms with Crippen LogP contribution in [0, 0.1) is 14.9 Å². The Morgan fingerprint density at radius 1 is 1.18 bits per heavy atom. The number of halogens is 3. The van der Waals surface area contributed by atoms with E-state index in [2.05, 4.69) is 43.8 Å². The van der Waals surface area contributed by atoms with Crippen molar-refractivity contribution in [2.24, 2.45) is 0 Å². The molecule has 0 radical (unpaired) electrons. The van der Waals surface area contributed by atoms with E-state index in [9.17, 15) is 10.1 Å². The fraction of sp³-hybridized carbons (Fsp3) is 0.120. The molecule has 3 rings (SSSR count). The third-order valence-corrected chi connectivity index (χ3v) is 5.95. The molecule has 1 amide bonds. The molecule has 0 atom stereocenters. The summed E-state index contributed by atoms with van der Waals surface area (Å²) >= 11 is 11.6. The molecule has 1 N–H and O–H groups in total. The van der Waals surface area contributed by atoms with E-state index in [1.54, 1.807) is 24.3 Å². The zero-order chi connectivity index (χ0) is 23.8. The number of carbonyl (C=O) groups excluding carboxylic acids is 1. The molecule has 5 nitrogen and oxygen atoms in total. The lowest BCUT2D eigenvalue weighted by Gasteiger charge is -2.15. The standard InChI is InChI=1S/C25H19BrClIN2O3/c1-2-32-23-13-17(10-18(14-29)25(31)30-21-8-6-19(26)7-9-21)12-22(28)24(23)33-15-16-4-3-5-20(27)11-16/h3-13H,2,15H2,1H3,(H,30,31)/b18-10+. The molecule has 0 aliphatic carbocycles. The summed E-state index contributed by atoms with van der Waals surface area (Å²) in [5, 5.41) is 12.9. The Morgan fingerprint density at radius 2 is 1.94 bits per heavy atom. The largest absolute Gasteiger partial charge is 0.490 e. The molecular weight excluding hydrogens is 619 g/mol. The number of benzene rings is 3. The van der Waals surface area contributed by atoms with Crippen molar-refractivity contribution in [3.63, 3.8) is 0 Å². The molecular formula is C25H19BrClIN2O3. The number of ether oxygens (including phenoxy) is 2. The molecule has 0 fully saturated rings. The highest BCUT2D eigenvalue weighted by molar-refractivity contribution is 14.1. The van der Waals surface area contributed by atoms with Gasteiger partial charge in [-0.05, 0) is 95.2 Å². The summed E-state index contributed by atoms with van der Waals surface area (Å²) in [4.78, 5) is 12.6. The van der Waals surface area contributed by atoms with Gasteiger partial charge in [-0.25, -0.2) is 0 Å². The van der Waals surface area contributed by atoms with Gasteiger partial charge in [0, 0.05) is 15.2 Å². The minimum Gasteiger partial charge on any atom is -0.490 e. The predicted octanol–water partition coefficient (Wildman–Crippen LogP) is 7.23. The average molecular weight is 638 g/mol. The van der Waals surface area contributed by atoms with Gasteiger partial charge >= 0.3 is 0 Å². The third-order valence-electron chi connectivity index (χ3n) is 4.38. The van der Waals surface area contributed by atoms with Crippen LogP contribution < -0.4 is 14.8 Å². The number of hydrogen-bond donors (Lipinski definition) is 1. The van der Waals surface area contributed by atoms with Gasteiger partial charge in [0.15, 0.2) is 11.5 Å². The van der Waals surface area contributed by atoms with E-state index < -0.39 is 5.91 Å². The van der Waals surface area contributed by atoms with Gasteiger partial charge in [0.1, 0.15) is 18.2 Å². The van der Waals surface area contributed by atoms with Gasteiger partial charge in [0.05, 0.1) is 10.2 Å². The summed E-state index contributed by atoms with van der Waals surface area (Å²) in [6.07, 6.45) is 1.53. The zero-order valence-corrected chi connectivity index (χ0v) is 22.1. The topological polar surface area (TPSA) is 71.3 Å². The minimum absolute atomic E-state index is 0.0243. The highest BCUT2D eigenvalue weighted by atomic mass is 127. The summed E-state index contributed by atoms with van der Waals surface area (Å²) in [5.41, 5.74) is 2.16. The summed E-state index contributed by atoms with van der Waals surface area (Å²) in [5.74, 6) is 0.629. The quantitative estimate of drug-likeness (QED) is 0.161. The first-order chi connectivity index (χ1) is 15.9. The molecule has 0 saturated carbocycles. The molecule has 3 aromatic carbocycles. The maximum Gasteiger partial charge on any atom is 0.266 e. The van der Waals surface area contributed by atoms with Gasteiger partial charge < -0.3 is 14.8 Å². The second-order valence-corrected chi connectivity index (χ2v) is 9.33. The van der Waals surface area contributed by atoms with Crippen LogP contribution in [0.3, 0.4) is 0 Å². The lowest BCUT2D eigenvalue weighted by atomic mass is 10.1. The molecule has 0 spiro atoms. The van der Waals surface area contributed by atoms with Crippen molar-refractivity contribution >= 4 is 67.8 Å². The highest BCUT2D eigenvalue weighted by Crippen LogP contribution is 2.35. The first-order valence-corrected chi connectivity index (χ1v) is 12.2. The number of nitriles is 1. The van der Waals surface area contributed by atoms with Crippen LogP contribution in [0.2, 0.25) is 5.02 Å². The molecule has 0 bridgehead atoms. The van der Waals surface area contributed by atoms with Crippen LogP contribution in [-0.4, -0.2) is 12.5 Å². The number of nitrogens with zero attached hydrogens (tertiary/aromatic N) is 1. The van der Waals surface area contributed by atoms with Crippen LogP contribution in [0.4, 0.5) is 5.69 Å². The van der Waals surface area contributed by atoms with Crippen molar-refractivity contribution in [1.82, 2.24) is 0 Å². The van der Waals surface area contributed by atoms with Crippen molar-refractivity contribution in [3.05, 3.63) is 90.4 Å². The molecule has 0 saturated heterocycles. The predicted molar refractivity (Wildman–Crippen MR) is 142 cm³/mol. The molecule has 3 aromatic rings. The number of hydrogen-bond acceptors (Lipinski definition) is 4. The molecule has 33 heavy (non-hydrogen) atoms. The van der Waals surface area contributed by atoms with Crippen molar-refractivity contribution in [3.8, 4) is 17.6 Å². The smallest absolute Gasteiger partial charge is 0.266 e. The summed E-state index contributed by atoms with van der Waals surface area (Å²) < 4.78 is 13.5. The maximum atomic E-state index is 12.6. The second-order valence-electron chi connectivity index (χ2n) is 6.81. The van der Waals surface area contributed by atoms with Gasteiger partial charge in [0.25, 0.3) is 5.91 Å². The normalized spacial score (nSPS) is 10.9. The average Bonchev–Trinajstić information content (AvgIpc) is 2.78. The summed E-state index contributed by atoms with van der Waals surface area (Å²) in [6, 6.07) is 20.1. The third kappa shape index (κ3) is 7.22. The Labute approximate surface area is 219 Å². The van der Waals surface area contributed by atoms with Crippen LogP contribution in [-0.2, 0) is 11.4 Å². The van der Waals surface area contributed by atoms with Crippen molar-refractivity contribution < 1.29 is 14.3 Å². The first-order valence-electron chi connectivity index (χ1n) is 9.92. The fourth-order valence-corrected chi connectivity index (χ4v) is 4.16. The van der Waals surface area contributed by atoms with Crippen molar-refractivity contribution in [2.45, 2.75) is 13.5 Å². The number of anilines is 1. The zero-order valence-electron chi connectivity index (χ0n) is 17.6. The SMILES string of the molecule is CCOc1cc(/C=C(\C#N)C(=O)Nc2ccc(Br)cc2)cc(I)c1OCc1cccc(Cl)c1. The van der Waals surface area contributed by atoms with Gasteiger partial charge in [-0.15, -0.1) is 0 Å². The molecule has 8 heteroatoms. The van der Waals surface area contributed by atoms with E-state index in [-0.39, 0.29) is 5.57 Å². The Hall–Kier alpha value is -2.54. The number of nitrogens with one attached hydrogen (secondary N) is 1. The van der Waals surface area contributed by atoms with Gasteiger partial charge in [-0.3, -0.25) is 4.79 Å². The maximum absolute atomic E-state index is 12.6. The van der Waals surface area contributed by atoms with Crippen LogP contribution in [0.5, 0.6) is 11.5 Å². The first kappa shape index (κ1) is 25.1. The summed E-state index contributed by atoms with van der Waals surface area (Å²) in [7, 11) is 0. The van der Waals surface area contributed by atoms with Crippen LogP contribution in [0.1, 0.15) is 18.1 Å². The van der Waals surface area contributed by atoms with Gasteiger partial charge in [0.2, 0.25) is 0 Å². The molecule has 168 valence electrons. The van der Waals surface area contributed by atoms with E-state index in [1.807, 2.05) is 49.4 Å². The van der Waals surface area contributed by atoms with Gasteiger partial charge in [-0.2, -0.15) is 5.26 Å². The molecule has 0 aromatic heterocycles. The van der Waals surface area contributed by atoms with E-state index in [1.165, 1.54) is 6.08 Å². The van der Waals surface area contributed by atoms with Crippen LogP contribution in [0.15, 0.2) is 70.7 Å². The summed E-state index contributed by atoms with van der Waals surface area (Å²) in [6.45, 7) is 2.64. The lowest BCUT2D eigenvalue weighted by Crippen LogP contribution is -2.13. The fourth-order valence-electron chi connectivity index (χ4n) is 2.90. The van der Waals surface area contributed by atoms with Crippen LogP contribution in [0.25, 0.3) is 6.08 Å². The molecule has 0 aliphatic rings. The van der Waals surface area contributed by atoms with Crippen molar-refractivity contribution in [1.29, 1.82) is 5.26 Å². The van der Waals surface area contributed by atoms with E-state index in [4.69, 9.17) is 21.1 Å². The molecule has 0 unspecified atom stereocenters. The Kier molecular flexibility index (Phi) is 9.18. The monoisotopic (exact) mass is 636 g/mol. The van der Waals surface area contributed by atoms with Gasteiger partial charge in [-0.1, -0.05) is 39.7 Å². The number of rotatable bonds is 8. The lowest BCUT2D eigenvalue weighted by molar-refractivity contribution is -0.112.